The predicted octanol–water partition coefficient (Wildman–Crippen LogP) is 1.62. The van der Waals surface area contributed by atoms with Crippen LogP contribution in [0.5, 0.6) is 0 Å². The summed E-state index contributed by atoms with van der Waals surface area (Å²) in [4.78, 5) is 0.196. The number of hydrogen-bond acceptors (Lipinski definition) is 3. The maximum Gasteiger partial charge on any atom is 0.243 e. The topological polar surface area (TPSA) is 57.6 Å². The largest absolute Gasteiger partial charge is 0.395 e. The quantitative estimate of drug-likeness (QED) is 0.811. The molecule has 0 aliphatic carbocycles. The Morgan fingerprint density at radius 3 is 2.71 bits per heavy atom. The smallest absolute Gasteiger partial charge is 0.243 e. The number of aliphatic hydroxyl groups excluding tert-OH is 1. The van der Waals surface area contributed by atoms with Gasteiger partial charge in [-0.25, -0.2) is 8.42 Å². The second kappa shape index (κ2) is 6.30. The molecule has 6 heteroatoms. The number of nitrogens with zero attached hydrogens (tertiary/aromatic N) is 1. The lowest BCUT2D eigenvalue weighted by Gasteiger charge is -2.19. The highest BCUT2D eigenvalue weighted by Gasteiger charge is 2.22. The fourth-order valence-corrected chi connectivity index (χ4v) is 3.34. The molecule has 0 amide bonds. The number of benzene rings is 1. The molecule has 0 aliphatic rings. The Labute approximate surface area is 110 Å². The van der Waals surface area contributed by atoms with Gasteiger partial charge in [0.05, 0.1) is 11.5 Å². The van der Waals surface area contributed by atoms with Crippen molar-refractivity contribution in [3.63, 3.8) is 0 Å². The molecule has 0 radical (unpaired) electrons. The van der Waals surface area contributed by atoms with E-state index in [-0.39, 0.29) is 24.6 Å². The molecule has 0 bridgehead atoms. The Morgan fingerprint density at radius 1 is 1.47 bits per heavy atom. The Kier molecular flexibility index (Phi) is 5.32. The summed E-state index contributed by atoms with van der Waals surface area (Å²) in [6, 6.07) is 6.46. The molecular formula is C11H14BrNO3S. The lowest BCUT2D eigenvalue weighted by atomic mass is 10.4. The molecule has 0 saturated carbocycles. The van der Waals surface area contributed by atoms with Gasteiger partial charge in [0.15, 0.2) is 0 Å². The summed E-state index contributed by atoms with van der Waals surface area (Å²) in [6.07, 6.45) is 1.49. The standard InChI is InChI=1S/C11H14BrNO3S/c1-2-6-13(7-8-14)17(15,16)11-5-3-4-10(12)9-11/h2-5,9,14H,1,6-8H2. The molecule has 0 aliphatic heterocycles. The minimum absolute atomic E-state index is 0.0564. The van der Waals surface area contributed by atoms with E-state index < -0.39 is 10.0 Å². The highest BCUT2D eigenvalue weighted by Crippen LogP contribution is 2.19. The van der Waals surface area contributed by atoms with Gasteiger partial charge in [-0.2, -0.15) is 4.31 Å². The van der Waals surface area contributed by atoms with E-state index in [4.69, 9.17) is 5.11 Å². The van der Waals surface area contributed by atoms with Gasteiger partial charge >= 0.3 is 0 Å². The normalized spacial score (nSPS) is 11.7. The van der Waals surface area contributed by atoms with Gasteiger partial charge in [-0.1, -0.05) is 28.1 Å². The van der Waals surface area contributed by atoms with Gasteiger partial charge in [0.2, 0.25) is 10.0 Å². The van der Waals surface area contributed by atoms with E-state index in [1.165, 1.54) is 22.5 Å². The first-order valence-electron chi connectivity index (χ1n) is 5.00. The first kappa shape index (κ1) is 14.4. The number of sulfonamides is 1. The van der Waals surface area contributed by atoms with Crippen LogP contribution in [0.3, 0.4) is 0 Å². The van der Waals surface area contributed by atoms with Crippen LogP contribution in [0.15, 0.2) is 46.3 Å². The second-order valence-corrected chi connectivity index (χ2v) is 6.19. The Morgan fingerprint density at radius 2 is 2.18 bits per heavy atom. The molecule has 1 aromatic carbocycles. The third kappa shape index (κ3) is 3.64. The molecule has 4 nitrogen and oxygen atoms in total. The highest BCUT2D eigenvalue weighted by molar-refractivity contribution is 9.10. The fourth-order valence-electron chi connectivity index (χ4n) is 1.34. The summed E-state index contributed by atoms with van der Waals surface area (Å²) in [5, 5.41) is 8.88. The summed E-state index contributed by atoms with van der Waals surface area (Å²) in [5.74, 6) is 0. The van der Waals surface area contributed by atoms with Crippen LogP contribution < -0.4 is 0 Å². The van der Waals surface area contributed by atoms with Crippen LogP contribution in [-0.4, -0.2) is 37.5 Å². The van der Waals surface area contributed by atoms with Crippen LogP contribution in [-0.2, 0) is 10.0 Å². The molecule has 0 heterocycles. The van der Waals surface area contributed by atoms with Gasteiger partial charge < -0.3 is 5.11 Å². The van der Waals surface area contributed by atoms with Gasteiger partial charge in [-0.3, -0.25) is 0 Å². The average molecular weight is 320 g/mol. The van der Waals surface area contributed by atoms with Gasteiger partial charge in [-0.15, -0.1) is 6.58 Å². The van der Waals surface area contributed by atoms with Crippen LogP contribution in [0.4, 0.5) is 0 Å². The van der Waals surface area contributed by atoms with E-state index in [0.29, 0.717) is 4.47 Å². The van der Waals surface area contributed by atoms with Crippen molar-refractivity contribution in [2.24, 2.45) is 0 Å². The minimum Gasteiger partial charge on any atom is -0.395 e. The van der Waals surface area contributed by atoms with Crippen LogP contribution >= 0.6 is 15.9 Å². The van der Waals surface area contributed by atoms with E-state index in [1.807, 2.05) is 0 Å². The summed E-state index contributed by atoms with van der Waals surface area (Å²) in [5.41, 5.74) is 0. The zero-order valence-electron chi connectivity index (χ0n) is 9.21. The maximum atomic E-state index is 12.2. The summed E-state index contributed by atoms with van der Waals surface area (Å²) in [6.45, 7) is 3.52. The predicted molar refractivity (Wildman–Crippen MR) is 70.2 cm³/mol. The molecule has 0 spiro atoms. The summed E-state index contributed by atoms with van der Waals surface area (Å²) in [7, 11) is -3.58. The molecule has 0 fully saturated rings. The second-order valence-electron chi connectivity index (χ2n) is 3.33. The van der Waals surface area contributed by atoms with Crippen molar-refractivity contribution in [3.05, 3.63) is 41.4 Å². The van der Waals surface area contributed by atoms with E-state index in [2.05, 4.69) is 22.5 Å². The Balaban J connectivity index is 3.11. The van der Waals surface area contributed by atoms with Gasteiger partial charge in [0, 0.05) is 17.6 Å². The molecule has 94 valence electrons. The van der Waals surface area contributed by atoms with Gasteiger partial charge in [0.25, 0.3) is 0 Å². The third-order valence-corrected chi connectivity index (χ3v) is 4.47. The van der Waals surface area contributed by atoms with Gasteiger partial charge in [-0.05, 0) is 18.2 Å². The van der Waals surface area contributed by atoms with Crippen molar-refractivity contribution in [1.82, 2.24) is 4.31 Å². The SMILES string of the molecule is C=CCN(CCO)S(=O)(=O)c1cccc(Br)c1. The lowest BCUT2D eigenvalue weighted by molar-refractivity contribution is 0.260. The molecule has 17 heavy (non-hydrogen) atoms. The highest BCUT2D eigenvalue weighted by atomic mass is 79.9. The van der Waals surface area contributed by atoms with E-state index in [9.17, 15) is 8.42 Å². The number of rotatable bonds is 6. The number of aliphatic hydroxyl groups is 1. The third-order valence-electron chi connectivity index (χ3n) is 2.12. The van der Waals surface area contributed by atoms with Crippen molar-refractivity contribution >= 4 is 26.0 Å². The fraction of sp³-hybridized carbons (Fsp3) is 0.273. The van der Waals surface area contributed by atoms with Crippen LogP contribution in [0, 0.1) is 0 Å². The van der Waals surface area contributed by atoms with E-state index in [0.717, 1.165) is 0 Å². The maximum absolute atomic E-state index is 12.2. The van der Waals surface area contributed by atoms with Crippen LogP contribution in [0.2, 0.25) is 0 Å². The molecule has 1 aromatic rings. The Bertz CT molecular complexity index is 487. The zero-order valence-corrected chi connectivity index (χ0v) is 11.6. The zero-order chi connectivity index (χ0) is 12.9. The van der Waals surface area contributed by atoms with Crippen molar-refractivity contribution in [1.29, 1.82) is 0 Å². The van der Waals surface area contributed by atoms with E-state index in [1.54, 1.807) is 12.1 Å². The van der Waals surface area contributed by atoms with Crippen LogP contribution in [0.25, 0.3) is 0 Å². The summed E-state index contributed by atoms with van der Waals surface area (Å²) < 4.78 is 26.3. The first-order valence-corrected chi connectivity index (χ1v) is 7.23. The van der Waals surface area contributed by atoms with Gasteiger partial charge in [0.1, 0.15) is 0 Å². The molecule has 1 rings (SSSR count). The lowest BCUT2D eigenvalue weighted by Crippen LogP contribution is -2.33. The monoisotopic (exact) mass is 319 g/mol. The van der Waals surface area contributed by atoms with Crippen molar-refractivity contribution in [3.8, 4) is 0 Å². The number of halogens is 1. The van der Waals surface area contributed by atoms with Crippen LogP contribution in [0.1, 0.15) is 0 Å². The molecule has 0 atom stereocenters. The van der Waals surface area contributed by atoms with Crippen molar-refractivity contribution in [2.75, 3.05) is 19.7 Å². The first-order chi connectivity index (χ1) is 8.02. The molecule has 0 aromatic heterocycles. The molecular weight excluding hydrogens is 306 g/mol. The average Bonchev–Trinajstić information content (AvgIpc) is 2.29. The van der Waals surface area contributed by atoms with Crippen molar-refractivity contribution in [2.45, 2.75) is 4.90 Å². The molecule has 0 unspecified atom stereocenters. The van der Waals surface area contributed by atoms with Crippen molar-refractivity contribution < 1.29 is 13.5 Å². The number of hydrogen-bond donors (Lipinski definition) is 1. The summed E-state index contributed by atoms with van der Waals surface area (Å²) >= 11 is 3.23. The molecule has 0 saturated heterocycles. The Hall–Kier alpha value is -0.690. The minimum atomic E-state index is -3.58. The van der Waals surface area contributed by atoms with E-state index >= 15 is 0 Å². The molecule has 1 N–H and O–H groups in total.